The molecule has 4 nitrogen and oxygen atoms in total. The normalized spacial score (nSPS) is 23.4. The first-order chi connectivity index (χ1) is 9.68. The van der Waals surface area contributed by atoms with E-state index in [1.165, 1.54) is 0 Å². The molecule has 1 aliphatic rings. The maximum atomic E-state index is 12.3. The van der Waals surface area contributed by atoms with Gasteiger partial charge in [0.15, 0.2) is 0 Å². The highest BCUT2D eigenvalue weighted by atomic mass is 32.2. The number of rotatable bonds is 4. The minimum absolute atomic E-state index is 0.00963. The Morgan fingerprint density at radius 2 is 1.81 bits per heavy atom. The molecule has 0 spiro atoms. The Balaban J connectivity index is 2.02. The zero-order chi connectivity index (χ0) is 15.7. The number of sulfonamides is 1. The van der Waals surface area contributed by atoms with Crippen molar-refractivity contribution < 1.29 is 13.5 Å². The smallest absolute Gasteiger partial charge is 0.240 e. The third-order valence-electron chi connectivity index (χ3n) is 4.11. The molecule has 0 aliphatic heterocycles. The number of aliphatic hydroxyl groups is 1. The van der Waals surface area contributed by atoms with E-state index in [0.29, 0.717) is 17.9 Å². The molecule has 1 aliphatic carbocycles. The minimum Gasteiger partial charge on any atom is -0.393 e. The Morgan fingerprint density at radius 1 is 1.19 bits per heavy atom. The molecule has 1 aromatic carbocycles. The molecule has 5 heteroatoms. The van der Waals surface area contributed by atoms with E-state index >= 15 is 0 Å². The minimum atomic E-state index is -3.46. The topological polar surface area (TPSA) is 66.4 Å². The fourth-order valence-corrected chi connectivity index (χ4v) is 3.80. The molecule has 1 saturated carbocycles. The molecule has 1 aromatic rings. The van der Waals surface area contributed by atoms with Crippen molar-refractivity contribution in [3.05, 3.63) is 29.8 Å². The number of aliphatic hydroxyl groups excluding tert-OH is 1. The van der Waals surface area contributed by atoms with E-state index in [1.54, 1.807) is 12.1 Å². The van der Waals surface area contributed by atoms with Crippen LogP contribution in [0, 0.1) is 5.92 Å². The molecular formula is C16H25NO3S. The summed E-state index contributed by atoms with van der Waals surface area (Å²) in [4.78, 5) is 0.300. The van der Waals surface area contributed by atoms with E-state index in [4.69, 9.17) is 0 Å². The van der Waals surface area contributed by atoms with Gasteiger partial charge < -0.3 is 5.11 Å². The average Bonchev–Trinajstić information content (AvgIpc) is 2.82. The van der Waals surface area contributed by atoms with E-state index in [9.17, 15) is 13.5 Å². The van der Waals surface area contributed by atoms with Crippen LogP contribution in [0.25, 0.3) is 0 Å². The van der Waals surface area contributed by atoms with Crippen LogP contribution in [0.3, 0.4) is 0 Å². The van der Waals surface area contributed by atoms with E-state index in [0.717, 1.165) is 18.4 Å². The van der Waals surface area contributed by atoms with Crippen molar-refractivity contribution in [1.82, 2.24) is 4.72 Å². The summed E-state index contributed by atoms with van der Waals surface area (Å²) >= 11 is 0. The van der Waals surface area contributed by atoms with Gasteiger partial charge in [0.2, 0.25) is 10.0 Å². The first kappa shape index (κ1) is 16.5. The Bertz CT molecular complexity index is 573. The molecule has 1 fully saturated rings. The van der Waals surface area contributed by atoms with Crippen LogP contribution < -0.4 is 4.72 Å². The maximum absolute atomic E-state index is 12.3. The summed E-state index contributed by atoms with van der Waals surface area (Å²) in [5.41, 5.74) is 1.12. The standard InChI is InChI=1S/C16H25NO3S/c1-16(2,3)13-5-8-15(9-6-13)21(19,20)17-11-12-4-7-14(18)10-12/h5-6,8-9,12,14,17-18H,4,7,10-11H2,1-3H3. The second-order valence-corrected chi connectivity index (χ2v) is 8.73. The first-order valence-corrected chi connectivity index (χ1v) is 8.95. The summed E-state index contributed by atoms with van der Waals surface area (Å²) in [6.07, 6.45) is 2.07. The van der Waals surface area contributed by atoms with Crippen LogP contribution in [0.2, 0.25) is 0 Å². The second kappa shape index (κ2) is 6.07. The van der Waals surface area contributed by atoms with Crippen molar-refractivity contribution in [3.63, 3.8) is 0 Å². The van der Waals surface area contributed by atoms with Gasteiger partial charge in [-0.3, -0.25) is 0 Å². The zero-order valence-electron chi connectivity index (χ0n) is 13.0. The van der Waals surface area contributed by atoms with Crippen molar-refractivity contribution in [2.75, 3.05) is 6.54 Å². The molecule has 0 radical (unpaired) electrons. The van der Waals surface area contributed by atoms with Crippen molar-refractivity contribution in [2.45, 2.75) is 56.4 Å². The lowest BCUT2D eigenvalue weighted by molar-refractivity contribution is 0.178. The summed E-state index contributed by atoms with van der Waals surface area (Å²) in [5, 5.41) is 9.48. The lowest BCUT2D eigenvalue weighted by Gasteiger charge is -2.19. The number of nitrogens with one attached hydrogen (secondary N) is 1. The zero-order valence-corrected chi connectivity index (χ0v) is 13.8. The van der Waals surface area contributed by atoms with Crippen LogP contribution in [0.15, 0.2) is 29.2 Å². The average molecular weight is 311 g/mol. The van der Waals surface area contributed by atoms with Crippen LogP contribution in [0.1, 0.15) is 45.6 Å². The van der Waals surface area contributed by atoms with Gasteiger partial charge >= 0.3 is 0 Å². The van der Waals surface area contributed by atoms with Crippen LogP contribution in [-0.4, -0.2) is 26.2 Å². The molecule has 0 bridgehead atoms. The van der Waals surface area contributed by atoms with Gasteiger partial charge in [-0.25, -0.2) is 13.1 Å². The summed E-state index contributed by atoms with van der Waals surface area (Å²) in [6.45, 7) is 6.70. The molecule has 2 unspecified atom stereocenters. The molecule has 0 saturated heterocycles. The molecule has 0 aromatic heterocycles. The van der Waals surface area contributed by atoms with E-state index in [1.807, 2.05) is 12.1 Å². The summed E-state index contributed by atoms with van der Waals surface area (Å²) < 4.78 is 27.2. The third kappa shape index (κ3) is 4.28. The fourth-order valence-electron chi connectivity index (χ4n) is 2.68. The molecule has 2 rings (SSSR count). The van der Waals surface area contributed by atoms with Gasteiger partial charge in [-0.05, 0) is 48.3 Å². The Hall–Kier alpha value is -0.910. The highest BCUT2D eigenvalue weighted by molar-refractivity contribution is 7.89. The molecular weight excluding hydrogens is 286 g/mol. The number of hydrogen-bond donors (Lipinski definition) is 2. The lowest BCUT2D eigenvalue weighted by atomic mass is 9.87. The van der Waals surface area contributed by atoms with Gasteiger partial charge in [0.1, 0.15) is 0 Å². The maximum Gasteiger partial charge on any atom is 0.240 e. The third-order valence-corrected chi connectivity index (χ3v) is 5.55. The van der Waals surface area contributed by atoms with Crippen molar-refractivity contribution >= 4 is 10.0 Å². The molecule has 0 heterocycles. The van der Waals surface area contributed by atoms with E-state index in [2.05, 4.69) is 25.5 Å². The highest BCUT2D eigenvalue weighted by Gasteiger charge is 2.25. The van der Waals surface area contributed by atoms with Crippen LogP contribution >= 0.6 is 0 Å². The Kier molecular flexibility index (Phi) is 4.76. The van der Waals surface area contributed by atoms with E-state index < -0.39 is 10.0 Å². The van der Waals surface area contributed by atoms with Crippen molar-refractivity contribution in [1.29, 1.82) is 0 Å². The summed E-state index contributed by atoms with van der Waals surface area (Å²) in [6, 6.07) is 7.06. The predicted octanol–water partition coefficient (Wildman–Crippen LogP) is 2.42. The van der Waals surface area contributed by atoms with Crippen LogP contribution in [0.4, 0.5) is 0 Å². The molecule has 2 N–H and O–H groups in total. The Morgan fingerprint density at radius 3 is 2.29 bits per heavy atom. The quantitative estimate of drug-likeness (QED) is 0.897. The van der Waals surface area contributed by atoms with E-state index in [-0.39, 0.29) is 17.4 Å². The second-order valence-electron chi connectivity index (χ2n) is 6.96. The van der Waals surface area contributed by atoms with Crippen LogP contribution in [-0.2, 0) is 15.4 Å². The monoisotopic (exact) mass is 311 g/mol. The van der Waals surface area contributed by atoms with Gasteiger partial charge in [-0.1, -0.05) is 32.9 Å². The molecule has 118 valence electrons. The van der Waals surface area contributed by atoms with Gasteiger partial charge in [0, 0.05) is 6.54 Å². The van der Waals surface area contributed by atoms with Crippen molar-refractivity contribution in [3.8, 4) is 0 Å². The summed E-state index contributed by atoms with van der Waals surface area (Å²) in [5.74, 6) is 0.239. The van der Waals surface area contributed by atoms with Crippen LogP contribution in [0.5, 0.6) is 0 Å². The molecule has 21 heavy (non-hydrogen) atoms. The van der Waals surface area contributed by atoms with Gasteiger partial charge in [0.05, 0.1) is 11.0 Å². The summed E-state index contributed by atoms with van der Waals surface area (Å²) in [7, 11) is -3.46. The molecule has 2 atom stereocenters. The Labute approximate surface area is 127 Å². The lowest BCUT2D eigenvalue weighted by Crippen LogP contribution is -2.29. The number of benzene rings is 1. The molecule has 0 amide bonds. The van der Waals surface area contributed by atoms with Gasteiger partial charge in [0.25, 0.3) is 0 Å². The number of hydrogen-bond acceptors (Lipinski definition) is 3. The van der Waals surface area contributed by atoms with Gasteiger partial charge in [-0.2, -0.15) is 0 Å². The first-order valence-electron chi connectivity index (χ1n) is 7.47. The fraction of sp³-hybridized carbons (Fsp3) is 0.625. The predicted molar refractivity (Wildman–Crippen MR) is 83.7 cm³/mol. The van der Waals surface area contributed by atoms with Gasteiger partial charge in [-0.15, -0.1) is 0 Å². The largest absolute Gasteiger partial charge is 0.393 e. The SMILES string of the molecule is CC(C)(C)c1ccc(S(=O)(=O)NCC2CCC(O)C2)cc1. The highest BCUT2D eigenvalue weighted by Crippen LogP contribution is 2.26. The van der Waals surface area contributed by atoms with Crippen molar-refractivity contribution in [2.24, 2.45) is 5.92 Å².